The van der Waals surface area contributed by atoms with Gasteiger partial charge in [0, 0.05) is 25.3 Å². The highest BCUT2D eigenvalue weighted by Crippen LogP contribution is 2.30. The van der Waals surface area contributed by atoms with Crippen molar-refractivity contribution in [2.75, 3.05) is 24.6 Å². The summed E-state index contributed by atoms with van der Waals surface area (Å²) in [5.41, 5.74) is 0.968. The highest BCUT2D eigenvalue weighted by Gasteiger charge is 2.30. The van der Waals surface area contributed by atoms with Crippen LogP contribution in [0.5, 0.6) is 0 Å². The van der Waals surface area contributed by atoms with Crippen LogP contribution in [0.1, 0.15) is 25.7 Å². The number of ether oxygens (including phenoxy) is 1. The molecule has 1 unspecified atom stereocenters. The van der Waals surface area contributed by atoms with Crippen LogP contribution in [0.3, 0.4) is 0 Å². The molecule has 0 radical (unpaired) electrons. The lowest BCUT2D eigenvalue weighted by Gasteiger charge is -2.33. The molecule has 2 saturated heterocycles. The van der Waals surface area contributed by atoms with Crippen molar-refractivity contribution in [3.63, 3.8) is 0 Å². The van der Waals surface area contributed by atoms with E-state index in [9.17, 15) is 0 Å². The molecule has 0 amide bonds. The van der Waals surface area contributed by atoms with Crippen molar-refractivity contribution in [2.45, 2.75) is 31.8 Å². The van der Waals surface area contributed by atoms with Crippen LogP contribution in [0.25, 0.3) is 11.5 Å². The van der Waals surface area contributed by atoms with E-state index in [1.807, 2.05) is 30.3 Å². The maximum absolute atomic E-state index is 5.83. The lowest BCUT2D eigenvalue weighted by molar-refractivity contribution is 0.0530. The van der Waals surface area contributed by atoms with Gasteiger partial charge >= 0.3 is 0 Å². The molecule has 2 fully saturated rings. The second kappa shape index (κ2) is 6.08. The maximum Gasteiger partial charge on any atom is 0.266 e. The van der Waals surface area contributed by atoms with E-state index in [-0.39, 0.29) is 0 Å². The smallest absolute Gasteiger partial charge is 0.266 e. The molecular weight excluding hydrogens is 278 g/mol. The van der Waals surface area contributed by atoms with Crippen molar-refractivity contribution in [3.05, 3.63) is 30.3 Å². The van der Waals surface area contributed by atoms with Gasteiger partial charge in [0.2, 0.25) is 0 Å². The summed E-state index contributed by atoms with van der Waals surface area (Å²) in [6.45, 7) is 2.91. The lowest BCUT2D eigenvalue weighted by atomic mass is 9.90. The van der Waals surface area contributed by atoms with Gasteiger partial charge in [0.25, 0.3) is 11.8 Å². The number of nitrogens with zero attached hydrogens (tertiary/aromatic N) is 3. The van der Waals surface area contributed by atoms with Crippen LogP contribution in [0, 0.1) is 5.92 Å². The molecule has 3 heterocycles. The summed E-state index contributed by atoms with van der Waals surface area (Å²) in [6, 6.07) is 9.91. The Balaban J connectivity index is 1.40. The van der Waals surface area contributed by atoms with E-state index in [0.717, 1.165) is 38.1 Å². The molecule has 1 atom stereocenters. The first-order chi connectivity index (χ1) is 10.9. The molecule has 2 aliphatic heterocycles. The van der Waals surface area contributed by atoms with Gasteiger partial charge < -0.3 is 14.2 Å². The Morgan fingerprint density at radius 3 is 2.59 bits per heavy atom. The Morgan fingerprint density at radius 2 is 1.86 bits per heavy atom. The third kappa shape index (κ3) is 2.73. The van der Waals surface area contributed by atoms with Crippen LogP contribution < -0.4 is 4.90 Å². The molecule has 5 nitrogen and oxygen atoms in total. The van der Waals surface area contributed by atoms with Crippen molar-refractivity contribution in [1.82, 2.24) is 10.1 Å². The Hall–Kier alpha value is -1.88. The van der Waals surface area contributed by atoms with E-state index in [1.54, 1.807) is 0 Å². The fourth-order valence-corrected chi connectivity index (χ4v) is 3.49. The third-order valence-corrected chi connectivity index (χ3v) is 4.75. The summed E-state index contributed by atoms with van der Waals surface area (Å²) in [7, 11) is 0. The van der Waals surface area contributed by atoms with E-state index in [1.165, 1.54) is 12.8 Å². The SMILES string of the molecule is c1ccc(-c2nc(N3CCC(C4CCCO4)CC3)no2)cc1. The second-order valence-electron chi connectivity index (χ2n) is 6.14. The summed E-state index contributed by atoms with van der Waals surface area (Å²) >= 11 is 0. The van der Waals surface area contributed by atoms with Crippen LogP contribution in [-0.2, 0) is 4.74 Å². The minimum absolute atomic E-state index is 0.479. The Bertz CT molecular complexity index is 599. The number of aromatic nitrogens is 2. The summed E-state index contributed by atoms with van der Waals surface area (Å²) < 4.78 is 11.2. The molecule has 0 bridgehead atoms. The van der Waals surface area contributed by atoms with Crippen molar-refractivity contribution >= 4 is 5.95 Å². The number of hydrogen-bond donors (Lipinski definition) is 0. The average Bonchev–Trinajstić information content (AvgIpc) is 3.28. The molecule has 5 heteroatoms. The zero-order valence-corrected chi connectivity index (χ0v) is 12.6. The van der Waals surface area contributed by atoms with Crippen molar-refractivity contribution in [1.29, 1.82) is 0 Å². The monoisotopic (exact) mass is 299 g/mol. The Morgan fingerprint density at radius 1 is 1.05 bits per heavy atom. The van der Waals surface area contributed by atoms with Gasteiger partial charge in [-0.15, -0.1) is 0 Å². The predicted octanol–water partition coefficient (Wildman–Crippen LogP) is 3.13. The fourth-order valence-electron chi connectivity index (χ4n) is 3.49. The normalized spacial score (nSPS) is 23.1. The van der Waals surface area contributed by atoms with Crippen LogP contribution in [0.2, 0.25) is 0 Å². The van der Waals surface area contributed by atoms with E-state index in [4.69, 9.17) is 9.26 Å². The van der Waals surface area contributed by atoms with Gasteiger partial charge in [-0.3, -0.25) is 0 Å². The van der Waals surface area contributed by atoms with Crippen molar-refractivity contribution in [3.8, 4) is 11.5 Å². The van der Waals surface area contributed by atoms with Gasteiger partial charge in [-0.25, -0.2) is 0 Å². The molecule has 22 heavy (non-hydrogen) atoms. The lowest BCUT2D eigenvalue weighted by Crippen LogP contribution is -2.38. The molecular formula is C17H21N3O2. The van der Waals surface area contributed by atoms with Gasteiger partial charge in [0.1, 0.15) is 0 Å². The minimum atomic E-state index is 0.479. The fraction of sp³-hybridized carbons (Fsp3) is 0.529. The van der Waals surface area contributed by atoms with Crippen LogP contribution in [0.4, 0.5) is 5.95 Å². The van der Waals surface area contributed by atoms with Crippen molar-refractivity contribution < 1.29 is 9.26 Å². The number of rotatable bonds is 3. The quantitative estimate of drug-likeness (QED) is 0.871. The van der Waals surface area contributed by atoms with E-state index in [0.29, 0.717) is 23.9 Å². The van der Waals surface area contributed by atoms with Gasteiger partial charge in [0.15, 0.2) is 0 Å². The van der Waals surface area contributed by atoms with E-state index in [2.05, 4.69) is 15.0 Å². The Labute approximate surface area is 130 Å². The van der Waals surface area contributed by atoms with Gasteiger partial charge in [0.05, 0.1) is 6.10 Å². The van der Waals surface area contributed by atoms with Gasteiger partial charge in [-0.2, -0.15) is 4.98 Å². The number of hydrogen-bond acceptors (Lipinski definition) is 5. The van der Waals surface area contributed by atoms with E-state index >= 15 is 0 Å². The first kappa shape index (κ1) is 13.8. The molecule has 116 valence electrons. The molecule has 1 aromatic heterocycles. The standard InChI is InChI=1S/C17H21N3O2/c1-2-5-14(6-3-1)16-18-17(19-22-16)20-10-8-13(9-11-20)15-7-4-12-21-15/h1-3,5-6,13,15H,4,7-12H2. The molecule has 0 spiro atoms. The minimum Gasteiger partial charge on any atom is -0.378 e. The molecule has 4 rings (SSSR count). The first-order valence-corrected chi connectivity index (χ1v) is 8.16. The second-order valence-corrected chi connectivity index (χ2v) is 6.14. The molecule has 0 aliphatic carbocycles. The Kier molecular flexibility index (Phi) is 3.81. The molecule has 1 aromatic carbocycles. The van der Waals surface area contributed by atoms with Crippen LogP contribution in [-0.4, -0.2) is 35.9 Å². The van der Waals surface area contributed by atoms with Gasteiger partial charge in [-0.05, 0) is 48.9 Å². The summed E-state index contributed by atoms with van der Waals surface area (Å²) in [5, 5.41) is 4.15. The summed E-state index contributed by atoms with van der Waals surface area (Å²) in [6.07, 6.45) is 5.23. The zero-order chi connectivity index (χ0) is 14.8. The molecule has 0 N–H and O–H groups in total. The number of benzene rings is 1. The third-order valence-electron chi connectivity index (χ3n) is 4.75. The molecule has 2 aromatic rings. The number of piperidine rings is 1. The highest BCUT2D eigenvalue weighted by molar-refractivity contribution is 5.54. The van der Waals surface area contributed by atoms with E-state index < -0.39 is 0 Å². The van der Waals surface area contributed by atoms with Gasteiger partial charge in [-0.1, -0.05) is 18.2 Å². The maximum atomic E-state index is 5.83. The summed E-state index contributed by atoms with van der Waals surface area (Å²) in [4.78, 5) is 6.77. The summed E-state index contributed by atoms with van der Waals surface area (Å²) in [5.74, 6) is 2.00. The molecule has 2 aliphatic rings. The topological polar surface area (TPSA) is 51.4 Å². The van der Waals surface area contributed by atoms with Crippen LogP contribution >= 0.6 is 0 Å². The largest absolute Gasteiger partial charge is 0.378 e. The number of anilines is 1. The highest BCUT2D eigenvalue weighted by atomic mass is 16.5. The first-order valence-electron chi connectivity index (χ1n) is 8.16. The van der Waals surface area contributed by atoms with Crippen LogP contribution in [0.15, 0.2) is 34.9 Å². The average molecular weight is 299 g/mol. The van der Waals surface area contributed by atoms with Crippen molar-refractivity contribution in [2.24, 2.45) is 5.92 Å². The predicted molar refractivity (Wildman–Crippen MR) is 83.6 cm³/mol. The zero-order valence-electron chi connectivity index (χ0n) is 12.6. The molecule has 0 saturated carbocycles.